The fraction of sp³-hybridized carbons (Fsp3) is 0.486. The van der Waals surface area contributed by atoms with Crippen LogP contribution in [0, 0.1) is 5.92 Å². The zero-order valence-corrected chi connectivity index (χ0v) is 29.1. The molecule has 13 heteroatoms. The molecule has 2 saturated heterocycles. The van der Waals surface area contributed by atoms with Crippen molar-refractivity contribution in [2.24, 2.45) is 10.9 Å². The Balaban J connectivity index is 0.841. The van der Waals surface area contributed by atoms with Gasteiger partial charge in [0.2, 0.25) is 11.8 Å². The standard InChI is InChI=1S/C37H43N5O7S/c1-47-31-20-28-29(38-22-27-4-2-12-42(27)36(28)45)21-32(31)48-15-3-5-34(43)39-25-9-6-23(7-10-25)35(44)40-26-11-8-24-18-33(49-30(24)19-26)37(46)41-13-16-50-17-14-41/h8,11,18-23,25,27H,2-7,9-10,12-17H2,1H3,(H,39,43)(H,40,44)/t23-,25+,27-/m0/s1. The van der Waals surface area contributed by atoms with Crippen molar-refractivity contribution in [2.45, 2.75) is 63.5 Å². The first-order chi connectivity index (χ1) is 24.4. The largest absolute Gasteiger partial charge is 0.493 e. The number of rotatable bonds is 10. The highest BCUT2D eigenvalue weighted by atomic mass is 32.2. The molecule has 3 aromatic rings. The lowest BCUT2D eigenvalue weighted by atomic mass is 9.85. The number of fused-ring (bicyclic) bond motifs is 3. The van der Waals surface area contributed by atoms with Gasteiger partial charge in [-0.15, -0.1) is 0 Å². The summed E-state index contributed by atoms with van der Waals surface area (Å²) in [5.41, 5.74) is 2.27. The average Bonchev–Trinajstić information content (AvgIpc) is 3.77. The first kappa shape index (κ1) is 34.0. The van der Waals surface area contributed by atoms with E-state index in [4.69, 9.17) is 13.9 Å². The van der Waals surface area contributed by atoms with Crippen molar-refractivity contribution >= 4 is 63.9 Å². The molecule has 1 aromatic heterocycles. The van der Waals surface area contributed by atoms with Gasteiger partial charge in [-0.3, -0.25) is 24.2 Å². The summed E-state index contributed by atoms with van der Waals surface area (Å²) < 4.78 is 17.4. The molecule has 1 aliphatic carbocycles. The number of nitrogens with one attached hydrogen (secondary N) is 2. The molecule has 264 valence electrons. The zero-order valence-electron chi connectivity index (χ0n) is 28.3. The van der Waals surface area contributed by atoms with Crippen molar-refractivity contribution in [3.05, 3.63) is 47.7 Å². The van der Waals surface area contributed by atoms with Crippen molar-refractivity contribution in [2.75, 3.05) is 50.2 Å². The van der Waals surface area contributed by atoms with Crippen LogP contribution < -0.4 is 20.1 Å². The fourth-order valence-corrected chi connectivity index (χ4v) is 8.12. The molecule has 4 heterocycles. The Morgan fingerprint density at radius 3 is 2.62 bits per heavy atom. The summed E-state index contributed by atoms with van der Waals surface area (Å²) in [4.78, 5) is 60.0. The minimum absolute atomic E-state index is 0.0247. The molecule has 7 rings (SSSR count). The molecule has 2 aromatic carbocycles. The van der Waals surface area contributed by atoms with Gasteiger partial charge in [-0.1, -0.05) is 0 Å². The molecule has 0 bridgehead atoms. The van der Waals surface area contributed by atoms with Crippen molar-refractivity contribution in [3.63, 3.8) is 0 Å². The van der Waals surface area contributed by atoms with Crippen molar-refractivity contribution in [1.29, 1.82) is 0 Å². The van der Waals surface area contributed by atoms with E-state index in [1.807, 2.05) is 39.9 Å². The number of ether oxygens (including phenoxy) is 2. The number of anilines is 1. The van der Waals surface area contributed by atoms with Crippen LogP contribution in [0.2, 0.25) is 0 Å². The van der Waals surface area contributed by atoms with Gasteiger partial charge in [0.15, 0.2) is 17.3 Å². The van der Waals surface area contributed by atoms with Gasteiger partial charge in [-0.25, -0.2) is 0 Å². The molecular weight excluding hydrogens is 659 g/mol. The van der Waals surface area contributed by atoms with E-state index in [0.717, 1.165) is 62.2 Å². The van der Waals surface area contributed by atoms with Crippen LogP contribution >= 0.6 is 11.8 Å². The quantitative estimate of drug-likeness (QED) is 0.267. The first-order valence-electron chi connectivity index (χ1n) is 17.6. The maximum Gasteiger partial charge on any atom is 0.289 e. The lowest BCUT2D eigenvalue weighted by Gasteiger charge is -2.28. The van der Waals surface area contributed by atoms with E-state index < -0.39 is 0 Å². The van der Waals surface area contributed by atoms with Gasteiger partial charge in [-0.2, -0.15) is 11.8 Å². The Labute approximate surface area is 295 Å². The van der Waals surface area contributed by atoms with E-state index in [1.54, 1.807) is 31.4 Å². The van der Waals surface area contributed by atoms with E-state index >= 15 is 0 Å². The molecule has 2 N–H and O–H groups in total. The SMILES string of the molecule is COc1cc2c(cc1OCCCC(=O)N[C@H]1CC[C@@H](C(=O)Nc3ccc4cc(C(=O)N5CCSCC5)oc4c3)CC1)N=C[C@@H]1CCCN1C2=O. The molecule has 0 spiro atoms. The molecule has 1 atom stereocenters. The van der Waals surface area contributed by atoms with Crippen LogP contribution in [-0.2, 0) is 9.59 Å². The highest BCUT2D eigenvalue weighted by molar-refractivity contribution is 7.99. The predicted octanol–water partition coefficient (Wildman–Crippen LogP) is 5.42. The van der Waals surface area contributed by atoms with Gasteiger partial charge >= 0.3 is 0 Å². The second-order valence-corrected chi connectivity index (χ2v) is 14.6. The van der Waals surface area contributed by atoms with Gasteiger partial charge in [0.1, 0.15) is 5.58 Å². The lowest BCUT2D eigenvalue weighted by molar-refractivity contribution is -0.122. The van der Waals surface area contributed by atoms with Crippen molar-refractivity contribution < 1.29 is 33.1 Å². The first-order valence-corrected chi connectivity index (χ1v) is 18.7. The van der Waals surface area contributed by atoms with Crippen LogP contribution in [0.5, 0.6) is 11.5 Å². The number of hydrogen-bond acceptors (Lipinski definition) is 9. The predicted molar refractivity (Wildman–Crippen MR) is 192 cm³/mol. The van der Waals surface area contributed by atoms with Gasteiger partial charge < -0.3 is 34.3 Å². The van der Waals surface area contributed by atoms with Crippen LogP contribution in [0.3, 0.4) is 0 Å². The Kier molecular flexibility index (Phi) is 10.3. The third kappa shape index (κ3) is 7.47. The summed E-state index contributed by atoms with van der Waals surface area (Å²) in [6.45, 7) is 2.47. The van der Waals surface area contributed by atoms with Gasteiger partial charge in [0.25, 0.3) is 11.8 Å². The molecule has 50 heavy (non-hydrogen) atoms. The summed E-state index contributed by atoms with van der Waals surface area (Å²) in [6.07, 6.45) is 7.35. The van der Waals surface area contributed by atoms with Crippen LogP contribution in [0.4, 0.5) is 11.4 Å². The molecule has 1 saturated carbocycles. The number of hydrogen-bond donors (Lipinski definition) is 2. The Hall–Kier alpha value is -4.52. The van der Waals surface area contributed by atoms with E-state index in [1.165, 1.54) is 0 Å². The van der Waals surface area contributed by atoms with Gasteiger partial charge in [0, 0.05) is 78.9 Å². The maximum atomic E-state index is 13.1. The minimum atomic E-state index is -0.148. The lowest BCUT2D eigenvalue weighted by Crippen LogP contribution is -2.39. The van der Waals surface area contributed by atoms with Gasteiger partial charge in [-0.05, 0) is 69.2 Å². The molecule has 0 unspecified atom stereocenters. The molecule has 4 amide bonds. The number of carbonyl (C=O) groups excluding carboxylic acids is 4. The number of nitrogens with zero attached hydrogens (tertiary/aromatic N) is 3. The normalized spacial score (nSPS) is 21.7. The van der Waals surface area contributed by atoms with Crippen LogP contribution in [0.1, 0.15) is 72.3 Å². The second kappa shape index (κ2) is 15.2. The van der Waals surface area contributed by atoms with Crippen LogP contribution in [0.25, 0.3) is 11.0 Å². The topological polar surface area (TPSA) is 143 Å². The summed E-state index contributed by atoms with van der Waals surface area (Å²) in [5.74, 6) is 2.75. The van der Waals surface area contributed by atoms with E-state index in [2.05, 4.69) is 15.6 Å². The number of carbonyl (C=O) groups is 4. The third-order valence-corrected chi connectivity index (χ3v) is 11.0. The molecule has 3 fully saturated rings. The number of methoxy groups -OCH3 is 1. The van der Waals surface area contributed by atoms with E-state index in [0.29, 0.717) is 72.1 Å². The fourth-order valence-electron chi connectivity index (χ4n) is 7.22. The van der Waals surface area contributed by atoms with E-state index in [9.17, 15) is 19.2 Å². The second-order valence-electron chi connectivity index (χ2n) is 13.3. The summed E-state index contributed by atoms with van der Waals surface area (Å²) in [6, 6.07) is 10.7. The minimum Gasteiger partial charge on any atom is -0.493 e. The monoisotopic (exact) mass is 701 g/mol. The summed E-state index contributed by atoms with van der Waals surface area (Å²) in [7, 11) is 1.54. The molecule has 12 nitrogen and oxygen atoms in total. The Morgan fingerprint density at radius 1 is 1.00 bits per heavy atom. The maximum absolute atomic E-state index is 13.1. The van der Waals surface area contributed by atoms with Crippen LogP contribution in [0.15, 0.2) is 45.8 Å². The molecule has 4 aliphatic rings. The molecule has 3 aliphatic heterocycles. The average molecular weight is 702 g/mol. The Morgan fingerprint density at radius 2 is 1.82 bits per heavy atom. The number of amides is 4. The zero-order chi connectivity index (χ0) is 34.6. The number of furan rings is 1. The van der Waals surface area contributed by atoms with Crippen LogP contribution in [-0.4, -0.2) is 96.6 Å². The summed E-state index contributed by atoms with van der Waals surface area (Å²) >= 11 is 1.85. The Bertz CT molecular complexity index is 1790. The molecular formula is C37H43N5O7S. The van der Waals surface area contributed by atoms with Crippen molar-refractivity contribution in [3.8, 4) is 11.5 Å². The van der Waals surface area contributed by atoms with Crippen molar-refractivity contribution in [1.82, 2.24) is 15.1 Å². The summed E-state index contributed by atoms with van der Waals surface area (Å²) in [5, 5.41) is 6.96. The molecule has 0 radical (unpaired) electrons. The highest BCUT2D eigenvalue weighted by Crippen LogP contribution is 2.38. The smallest absolute Gasteiger partial charge is 0.289 e. The number of thioether (sulfide) groups is 1. The number of benzene rings is 2. The van der Waals surface area contributed by atoms with Gasteiger partial charge in [0.05, 0.1) is 31.0 Å². The number of aliphatic imine (C=N–C) groups is 1. The van der Waals surface area contributed by atoms with E-state index in [-0.39, 0.29) is 41.6 Å². The third-order valence-electron chi connectivity index (χ3n) is 10.0. The highest BCUT2D eigenvalue weighted by Gasteiger charge is 2.33.